The monoisotopic (exact) mass is 322 g/mol. The van der Waals surface area contributed by atoms with Crippen molar-refractivity contribution in [3.8, 4) is 0 Å². The van der Waals surface area contributed by atoms with Gasteiger partial charge < -0.3 is 5.32 Å². The van der Waals surface area contributed by atoms with Gasteiger partial charge in [-0.25, -0.2) is 0 Å². The molecule has 124 valence electrons. The molecule has 1 unspecified atom stereocenters. The van der Waals surface area contributed by atoms with E-state index in [1.807, 2.05) is 0 Å². The minimum Gasteiger partial charge on any atom is -0.325 e. The fraction of sp³-hybridized carbons (Fsp3) is 0.300. The van der Waals surface area contributed by atoms with Crippen LogP contribution in [-0.2, 0) is 11.2 Å². The molecule has 4 nitrogen and oxygen atoms in total. The standard InChI is InChI=1S/C20H22N2O2/c1-14-19-6-4-3-5-17(19)11-12-22(14)13-20(24)21-18-9-7-16(8-10-18)15(2)23/h3-10,14H,11-13H2,1-2H3,(H,21,24). The third kappa shape index (κ3) is 3.54. The van der Waals surface area contributed by atoms with E-state index in [1.54, 1.807) is 24.3 Å². The Labute approximate surface area is 142 Å². The molecule has 0 fully saturated rings. The summed E-state index contributed by atoms with van der Waals surface area (Å²) in [5.74, 6) is -0.00881. The number of ketones is 1. The number of rotatable bonds is 4. The molecule has 0 aliphatic carbocycles. The Morgan fingerprint density at radius 1 is 1.12 bits per heavy atom. The van der Waals surface area contributed by atoms with Gasteiger partial charge in [-0.15, -0.1) is 0 Å². The zero-order valence-electron chi connectivity index (χ0n) is 14.1. The number of anilines is 1. The van der Waals surface area contributed by atoms with Crippen molar-refractivity contribution in [3.63, 3.8) is 0 Å². The molecular weight excluding hydrogens is 300 g/mol. The molecule has 1 atom stereocenters. The second-order valence-electron chi connectivity index (χ2n) is 6.28. The summed E-state index contributed by atoms with van der Waals surface area (Å²) in [5.41, 5.74) is 4.05. The highest BCUT2D eigenvalue weighted by Gasteiger charge is 2.24. The maximum absolute atomic E-state index is 12.3. The summed E-state index contributed by atoms with van der Waals surface area (Å²) in [6.07, 6.45) is 0.973. The first-order valence-corrected chi connectivity index (χ1v) is 8.27. The van der Waals surface area contributed by atoms with E-state index in [0.29, 0.717) is 12.1 Å². The van der Waals surface area contributed by atoms with Gasteiger partial charge >= 0.3 is 0 Å². The van der Waals surface area contributed by atoms with Gasteiger partial charge in [0.1, 0.15) is 0 Å². The van der Waals surface area contributed by atoms with Gasteiger partial charge in [-0.3, -0.25) is 14.5 Å². The number of nitrogens with one attached hydrogen (secondary N) is 1. The maximum atomic E-state index is 12.3. The minimum absolute atomic E-state index is 0.0219. The van der Waals surface area contributed by atoms with Crippen LogP contribution < -0.4 is 5.32 Å². The number of benzene rings is 2. The topological polar surface area (TPSA) is 49.4 Å². The highest BCUT2D eigenvalue weighted by Crippen LogP contribution is 2.28. The van der Waals surface area contributed by atoms with E-state index in [1.165, 1.54) is 18.1 Å². The summed E-state index contributed by atoms with van der Waals surface area (Å²) in [7, 11) is 0. The SMILES string of the molecule is CC(=O)c1ccc(NC(=O)CN2CCc3ccccc3C2C)cc1. The zero-order chi connectivity index (χ0) is 17.1. The van der Waals surface area contributed by atoms with Crippen molar-refractivity contribution in [1.82, 2.24) is 4.90 Å². The lowest BCUT2D eigenvalue weighted by molar-refractivity contribution is -0.117. The molecular formula is C20H22N2O2. The summed E-state index contributed by atoms with van der Waals surface area (Å²) in [6.45, 7) is 4.93. The number of carbonyl (C=O) groups is 2. The number of amides is 1. The van der Waals surface area contributed by atoms with Crippen molar-refractivity contribution in [2.45, 2.75) is 26.3 Å². The van der Waals surface area contributed by atoms with Crippen LogP contribution in [0.5, 0.6) is 0 Å². The first-order chi connectivity index (χ1) is 11.5. The first-order valence-electron chi connectivity index (χ1n) is 8.27. The van der Waals surface area contributed by atoms with Crippen LogP contribution in [0.1, 0.15) is 41.4 Å². The zero-order valence-corrected chi connectivity index (χ0v) is 14.1. The fourth-order valence-corrected chi connectivity index (χ4v) is 3.21. The van der Waals surface area contributed by atoms with Gasteiger partial charge in [-0.2, -0.15) is 0 Å². The predicted octanol–water partition coefficient (Wildman–Crippen LogP) is 3.45. The van der Waals surface area contributed by atoms with E-state index < -0.39 is 0 Å². The summed E-state index contributed by atoms with van der Waals surface area (Å²) < 4.78 is 0. The van der Waals surface area contributed by atoms with Gasteiger partial charge in [-0.05, 0) is 55.7 Å². The maximum Gasteiger partial charge on any atom is 0.238 e. The van der Waals surface area contributed by atoms with Gasteiger partial charge in [0, 0.05) is 23.8 Å². The number of fused-ring (bicyclic) bond motifs is 1. The van der Waals surface area contributed by atoms with Gasteiger partial charge in [0.05, 0.1) is 6.54 Å². The molecule has 0 spiro atoms. The van der Waals surface area contributed by atoms with Crippen LogP contribution in [0.2, 0.25) is 0 Å². The lowest BCUT2D eigenvalue weighted by Gasteiger charge is -2.34. The number of hydrogen-bond donors (Lipinski definition) is 1. The molecule has 0 saturated heterocycles. The van der Waals surface area contributed by atoms with Gasteiger partial charge in [0.2, 0.25) is 5.91 Å². The Balaban J connectivity index is 1.62. The summed E-state index contributed by atoms with van der Waals surface area (Å²) in [4.78, 5) is 25.8. The Bertz CT molecular complexity index is 752. The molecule has 24 heavy (non-hydrogen) atoms. The van der Waals surface area contributed by atoms with Crippen molar-refractivity contribution in [2.24, 2.45) is 0 Å². The molecule has 4 heteroatoms. The quantitative estimate of drug-likeness (QED) is 0.877. The van der Waals surface area contributed by atoms with Crippen molar-refractivity contribution in [3.05, 3.63) is 65.2 Å². The van der Waals surface area contributed by atoms with E-state index >= 15 is 0 Å². The van der Waals surface area contributed by atoms with E-state index in [9.17, 15) is 9.59 Å². The predicted molar refractivity (Wildman–Crippen MR) is 95.2 cm³/mol. The Hall–Kier alpha value is -2.46. The number of Topliss-reactive ketones (excluding diaryl/α,β-unsaturated/α-hetero) is 1. The third-order valence-corrected chi connectivity index (χ3v) is 4.64. The fourth-order valence-electron chi connectivity index (χ4n) is 3.21. The van der Waals surface area contributed by atoms with Crippen molar-refractivity contribution >= 4 is 17.4 Å². The summed E-state index contributed by atoms with van der Waals surface area (Å²) in [6, 6.07) is 15.7. The molecule has 1 amide bonds. The van der Waals surface area contributed by atoms with Crippen LogP contribution in [0, 0.1) is 0 Å². The second kappa shape index (κ2) is 6.97. The Morgan fingerprint density at radius 3 is 2.54 bits per heavy atom. The molecule has 1 N–H and O–H groups in total. The van der Waals surface area contributed by atoms with Crippen molar-refractivity contribution in [1.29, 1.82) is 0 Å². The Kier molecular flexibility index (Phi) is 4.76. The normalized spacial score (nSPS) is 17.2. The average Bonchev–Trinajstić information content (AvgIpc) is 2.58. The number of nitrogens with zero attached hydrogens (tertiary/aromatic N) is 1. The van der Waals surface area contributed by atoms with Crippen LogP contribution in [0.3, 0.4) is 0 Å². The molecule has 0 bridgehead atoms. The lowest BCUT2D eigenvalue weighted by Crippen LogP contribution is -2.39. The van der Waals surface area contributed by atoms with Gasteiger partial charge in [-0.1, -0.05) is 24.3 Å². The third-order valence-electron chi connectivity index (χ3n) is 4.64. The molecule has 0 aromatic heterocycles. The highest BCUT2D eigenvalue weighted by atomic mass is 16.2. The lowest BCUT2D eigenvalue weighted by atomic mass is 9.94. The average molecular weight is 322 g/mol. The smallest absolute Gasteiger partial charge is 0.238 e. The molecule has 2 aromatic rings. The largest absolute Gasteiger partial charge is 0.325 e. The van der Waals surface area contributed by atoms with Crippen LogP contribution >= 0.6 is 0 Å². The van der Waals surface area contributed by atoms with E-state index in [4.69, 9.17) is 0 Å². The van der Waals surface area contributed by atoms with Crippen molar-refractivity contribution in [2.75, 3.05) is 18.4 Å². The molecule has 0 radical (unpaired) electrons. The number of carbonyl (C=O) groups excluding carboxylic acids is 2. The Morgan fingerprint density at radius 2 is 1.83 bits per heavy atom. The van der Waals surface area contributed by atoms with Crippen LogP contribution in [0.4, 0.5) is 5.69 Å². The van der Waals surface area contributed by atoms with Crippen molar-refractivity contribution < 1.29 is 9.59 Å². The first kappa shape index (κ1) is 16.4. The number of hydrogen-bond acceptors (Lipinski definition) is 3. The summed E-state index contributed by atoms with van der Waals surface area (Å²) in [5, 5.41) is 2.91. The molecule has 1 aliphatic heterocycles. The highest BCUT2D eigenvalue weighted by molar-refractivity contribution is 5.96. The van der Waals surface area contributed by atoms with E-state index in [-0.39, 0.29) is 17.7 Å². The van der Waals surface area contributed by atoms with Gasteiger partial charge in [0.25, 0.3) is 0 Å². The molecule has 2 aromatic carbocycles. The minimum atomic E-state index is -0.0307. The van der Waals surface area contributed by atoms with E-state index in [2.05, 4.69) is 41.4 Å². The molecule has 0 saturated carbocycles. The second-order valence-corrected chi connectivity index (χ2v) is 6.28. The van der Waals surface area contributed by atoms with Crippen LogP contribution in [-0.4, -0.2) is 29.7 Å². The molecule has 3 rings (SSSR count). The summed E-state index contributed by atoms with van der Waals surface area (Å²) >= 11 is 0. The molecule has 1 heterocycles. The molecule has 1 aliphatic rings. The van der Waals surface area contributed by atoms with Crippen LogP contribution in [0.25, 0.3) is 0 Å². The van der Waals surface area contributed by atoms with E-state index in [0.717, 1.165) is 18.7 Å². The van der Waals surface area contributed by atoms with Crippen LogP contribution in [0.15, 0.2) is 48.5 Å². The van der Waals surface area contributed by atoms with Gasteiger partial charge in [0.15, 0.2) is 5.78 Å².